The molecule has 0 unspecified atom stereocenters. The van der Waals surface area contributed by atoms with Crippen LogP contribution in [0, 0.1) is 6.92 Å². The number of aryl methyl sites for hydroxylation is 1. The number of hydrogen-bond acceptors (Lipinski definition) is 5. The van der Waals surface area contributed by atoms with Gasteiger partial charge >= 0.3 is 0 Å². The van der Waals surface area contributed by atoms with E-state index in [4.69, 9.17) is 15.7 Å². The summed E-state index contributed by atoms with van der Waals surface area (Å²) in [5.41, 5.74) is 7.13. The van der Waals surface area contributed by atoms with E-state index in [2.05, 4.69) is 10.1 Å². The van der Waals surface area contributed by atoms with Gasteiger partial charge < -0.3 is 15.7 Å². The first-order valence-electron chi connectivity index (χ1n) is 5.92. The maximum atomic E-state index is 8.85. The van der Waals surface area contributed by atoms with Gasteiger partial charge in [0.05, 0.1) is 17.6 Å². The molecular formula is C14H15N3O2S. The monoisotopic (exact) mass is 289 g/mol. The molecule has 0 bridgehead atoms. The largest absolute Gasteiger partial charge is 0.496 e. The minimum atomic E-state index is 0.0369. The minimum Gasteiger partial charge on any atom is -0.496 e. The summed E-state index contributed by atoms with van der Waals surface area (Å²) < 4.78 is 5.31. The van der Waals surface area contributed by atoms with E-state index in [1.54, 1.807) is 13.2 Å². The van der Waals surface area contributed by atoms with Crippen LogP contribution in [0.1, 0.15) is 11.3 Å². The normalized spacial score (nSPS) is 11.4. The van der Waals surface area contributed by atoms with Crippen LogP contribution in [0.5, 0.6) is 5.75 Å². The summed E-state index contributed by atoms with van der Waals surface area (Å²) >= 11 is 1.42. The number of rotatable bonds is 4. The molecule has 0 radical (unpaired) electrons. The van der Waals surface area contributed by atoms with Gasteiger partial charge in [-0.25, -0.2) is 4.98 Å². The summed E-state index contributed by atoms with van der Waals surface area (Å²) in [4.78, 5) is 5.37. The number of pyridine rings is 1. The van der Waals surface area contributed by atoms with E-state index >= 15 is 0 Å². The van der Waals surface area contributed by atoms with E-state index in [9.17, 15) is 0 Å². The highest BCUT2D eigenvalue weighted by atomic mass is 32.2. The molecule has 1 aromatic heterocycles. The molecule has 0 aliphatic heterocycles. The average molecular weight is 289 g/mol. The molecule has 0 aliphatic carbocycles. The number of ether oxygens (including phenoxy) is 1. The Kier molecular flexibility index (Phi) is 4.47. The van der Waals surface area contributed by atoms with E-state index in [1.165, 1.54) is 11.8 Å². The number of aromatic nitrogens is 1. The van der Waals surface area contributed by atoms with Crippen molar-refractivity contribution in [3.8, 4) is 5.75 Å². The molecule has 0 saturated carbocycles. The third kappa shape index (κ3) is 3.03. The van der Waals surface area contributed by atoms with Crippen LogP contribution >= 0.6 is 11.8 Å². The van der Waals surface area contributed by atoms with Crippen LogP contribution in [-0.4, -0.2) is 23.1 Å². The second kappa shape index (κ2) is 6.29. The lowest BCUT2D eigenvalue weighted by Gasteiger charge is -2.10. The lowest BCUT2D eigenvalue weighted by atomic mass is 10.2. The molecule has 1 aromatic carbocycles. The van der Waals surface area contributed by atoms with Crippen molar-refractivity contribution in [3.63, 3.8) is 0 Å². The quantitative estimate of drug-likeness (QED) is 0.391. The smallest absolute Gasteiger partial charge is 0.172 e. The van der Waals surface area contributed by atoms with Crippen LogP contribution in [0.3, 0.4) is 0 Å². The van der Waals surface area contributed by atoms with Crippen molar-refractivity contribution in [2.24, 2.45) is 10.9 Å². The first-order chi connectivity index (χ1) is 9.65. The SMILES string of the molecule is COc1ccccc1Sc1nc(C)ccc1C(N)=NO. The topological polar surface area (TPSA) is 80.7 Å². The Balaban J connectivity index is 2.45. The fraction of sp³-hybridized carbons (Fsp3) is 0.143. The van der Waals surface area contributed by atoms with Gasteiger partial charge in [0.2, 0.25) is 0 Å². The summed E-state index contributed by atoms with van der Waals surface area (Å²) in [7, 11) is 1.62. The number of para-hydroxylation sites is 1. The van der Waals surface area contributed by atoms with Gasteiger partial charge in [-0.15, -0.1) is 0 Å². The molecule has 0 aliphatic rings. The van der Waals surface area contributed by atoms with Gasteiger partial charge in [0.1, 0.15) is 10.8 Å². The Morgan fingerprint density at radius 1 is 1.30 bits per heavy atom. The van der Waals surface area contributed by atoms with Crippen molar-refractivity contribution in [1.29, 1.82) is 0 Å². The lowest BCUT2D eigenvalue weighted by Crippen LogP contribution is -2.15. The Labute approximate surface area is 121 Å². The van der Waals surface area contributed by atoms with Crippen molar-refractivity contribution >= 4 is 17.6 Å². The minimum absolute atomic E-state index is 0.0369. The van der Waals surface area contributed by atoms with Crippen molar-refractivity contribution in [1.82, 2.24) is 4.98 Å². The molecular weight excluding hydrogens is 274 g/mol. The van der Waals surface area contributed by atoms with Gasteiger partial charge in [0.25, 0.3) is 0 Å². The van der Waals surface area contributed by atoms with Gasteiger partial charge in [0.15, 0.2) is 5.84 Å². The summed E-state index contributed by atoms with van der Waals surface area (Å²) in [5, 5.41) is 12.6. The molecule has 2 rings (SSSR count). The summed E-state index contributed by atoms with van der Waals surface area (Å²) in [6.07, 6.45) is 0. The van der Waals surface area contributed by atoms with Crippen molar-refractivity contribution in [2.75, 3.05) is 7.11 Å². The fourth-order valence-electron chi connectivity index (χ4n) is 1.67. The zero-order valence-electron chi connectivity index (χ0n) is 11.2. The van der Waals surface area contributed by atoms with E-state index in [-0.39, 0.29) is 5.84 Å². The first-order valence-corrected chi connectivity index (χ1v) is 6.73. The molecule has 2 aromatic rings. The molecule has 3 N–H and O–H groups in total. The molecule has 5 nitrogen and oxygen atoms in total. The van der Waals surface area contributed by atoms with Crippen LogP contribution < -0.4 is 10.5 Å². The van der Waals surface area contributed by atoms with Crippen LogP contribution in [-0.2, 0) is 0 Å². The van der Waals surface area contributed by atoms with Crippen LogP contribution in [0.25, 0.3) is 0 Å². The molecule has 104 valence electrons. The highest BCUT2D eigenvalue weighted by molar-refractivity contribution is 7.99. The Hall–Kier alpha value is -2.21. The number of amidine groups is 1. The zero-order valence-corrected chi connectivity index (χ0v) is 12.0. The number of benzene rings is 1. The van der Waals surface area contributed by atoms with Gasteiger partial charge in [-0.05, 0) is 31.2 Å². The molecule has 0 fully saturated rings. The predicted octanol–water partition coefficient (Wildman–Crippen LogP) is 2.64. The third-order valence-corrected chi connectivity index (χ3v) is 3.72. The Morgan fingerprint density at radius 3 is 2.75 bits per heavy atom. The van der Waals surface area contributed by atoms with Gasteiger partial charge in [0, 0.05) is 5.69 Å². The second-order valence-corrected chi connectivity index (χ2v) is 5.07. The van der Waals surface area contributed by atoms with E-state index in [0.29, 0.717) is 10.6 Å². The maximum Gasteiger partial charge on any atom is 0.172 e. The van der Waals surface area contributed by atoms with E-state index in [0.717, 1.165) is 16.3 Å². The molecule has 0 amide bonds. The average Bonchev–Trinajstić information content (AvgIpc) is 2.47. The summed E-state index contributed by atoms with van der Waals surface area (Å²) in [6.45, 7) is 1.89. The van der Waals surface area contributed by atoms with Crippen LogP contribution in [0.2, 0.25) is 0 Å². The Morgan fingerprint density at radius 2 is 2.05 bits per heavy atom. The number of nitrogens with two attached hydrogens (primary N) is 1. The third-order valence-electron chi connectivity index (χ3n) is 2.66. The molecule has 0 saturated heterocycles. The molecule has 1 heterocycles. The highest BCUT2D eigenvalue weighted by Crippen LogP contribution is 2.35. The van der Waals surface area contributed by atoms with Gasteiger partial charge in [-0.2, -0.15) is 0 Å². The number of nitrogens with zero attached hydrogens (tertiary/aromatic N) is 2. The van der Waals surface area contributed by atoms with Gasteiger partial charge in [-0.1, -0.05) is 29.1 Å². The van der Waals surface area contributed by atoms with Crippen LogP contribution in [0.4, 0.5) is 0 Å². The summed E-state index contributed by atoms with van der Waals surface area (Å²) in [6, 6.07) is 11.2. The molecule has 0 spiro atoms. The number of oxime groups is 1. The summed E-state index contributed by atoms with van der Waals surface area (Å²) in [5.74, 6) is 0.793. The standard InChI is InChI=1S/C14H15N3O2S/c1-9-7-8-10(13(15)17-18)14(16-9)20-12-6-4-3-5-11(12)19-2/h3-8,18H,1-2H3,(H2,15,17). The van der Waals surface area contributed by atoms with E-state index < -0.39 is 0 Å². The predicted molar refractivity (Wildman–Crippen MR) is 78.6 cm³/mol. The lowest BCUT2D eigenvalue weighted by molar-refractivity contribution is 0.318. The van der Waals surface area contributed by atoms with Crippen molar-refractivity contribution in [2.45, 2.75) is 16.8 Å². The van der Waals surface area contributed by atoms with Crippen molar-refractivity contribution in [3.05, 3.63) is 47.7 Å². The highest BCUT2D eigenvalue weighted by Gasteiger charge is 2.13. The molecule has 6 heteroatoms. The first kappa shape index (κ1) is 14.2. The maximum absolute atomic E-state index is 8.85. The molecule has 0 atom stereocenters. The van der Waals surface area contributed by atoms with Gasteiger partial charge in [-0.3, -0.25) is 0 Å². The Bertz CT molecular complexity index is 644. The molecule has 20 heavy (non-hydrogen) atoms. The fourth-order valence-corrected chi connectivity index (χ4v) is 2.75. The number of methoxy groups -OCH3 is 1. The van der Waals surface area contributed by atoms with Crippen molar-refractivity contribution < 1.29 is 9.94 Å². The van der Waals surface area contributed by atoms with E-state index in [1.807, 2.05) is 37.3 Å². The zero-order chi connectivity index (χ0) is 14.5. The number of hydrogen-bond donors (Lipinski definition) is 2. The van der Waals surface area contributed by atoms with Crippen LogP contribution in [0.15, 0.2) is 51.5 Å². The second-order valence-electron chi connectivity index (χ2n) is 4.04.